The van der Waals surface area contributed by atoms with Crippen LogP contribution in [0.1, 0.15) is 22.3 Å². The maximum atomic E-state index is 12.2. The van der Waals surface area contributed by atoms with Crippen molar-refractivity contribution in [2.24, 2.45) is 5.92 Å². The van der Waals surface area contributed by atoms with Crippen LogP contribution in [0.25, 0.3) is 0 Å². The highest BCUT2D eigenvalue weighted by molar-refractivity contribution is 5.94. The monoisotopic (exact) mass is 232 g/mol. The fourth-order valence-electron chi connectivity index (χ4n) is 2.35. The van der Waals surface area contributed by atoms with Gasteiger partial charge in [-0.25, -0.2) is 0 Å². The van der Waals surface area contributed by atoms with E-state index in [2.05, 4.69) is 5.32 Å². The van der Waals surface area contributed by atoms with Crippen molar-refractivity contribution in [3.8, 4) is 0 Å². The second kappa shape index (κ2) is 5.32. The van der Waals surface area contributed by atoms with Crippen LogP contribution in [-0.4, -0.2) is 37.5 Å². The van der Waals surface area contributed by atoms with E-state index in [4.69, 9.17) is 0 Å². The van der Waals surface area contributed by atoms with Gasteiger partial charge in [-0.2, -0.15) is 0 Å². The summed E-state index contributed by atoms with van der Waals surface area (Å²) < 4.78 is 0. The summed E-state index contributed by atoms with van der Waals surface area (Å²) in [5, 5.41) is 3.18. The fraction of sp³-hybridized carbons (Fsp3) is 0.500. The molecule has 1 saturated heterocycles. The minimum atomic E-state index is 0.170. The Morgan fingerprint density at radius 3 is 2.76 bits per heavy atom. The lowest BCUT2D eigenvalue weighted by Gasteiger charge is -2.16. The third-order valence-corrected chi connectivity index (χ3v) is 3.36. The summed E-state index contributed by atoms with van der Waals surface area (Å²) in [5.41, 5.74) is 2.00. The molecule has 1 fully saturated rings. The van der Waals surface area contributed by atoms with E-state index in [0.717, 1.165) is 31.6 Å². The number of nitrogens with zero attached hydrogens (tertiary/aromatic N) is 1. The van der Waals surface area contributed by atoms with Crippen molar-refractivity contribution in [3.63, 3.8) is 0 Å². The number of carbonyl (C=O) groups excluding carboxylic acids is 1. The van der Waals surface area contributed by atoms with Gasteiger partial charge in [-0.1, -0.05) is 17.7 Å². The molecule has 17 heavy (non-hydrogen) atoms. The zero-order chi connectivity index (χ0) is 12.3. The molecule has 2 rings (SSSR count). The molecule has 1 aromatic rings. The largest absolute Gasteiger partial charge is 0.338 e. The van der Waals surface area contributed by atoms with Crippen molar-refractivity contribution in [1.82, 2.24) is 10.2 Å². The Bertz CT molecular complexity index is 386. The molecular formula is C14H20N2O. The third-order valence-electron chi connectivity index (χ3n) is 3.36. The molecule has 0 aromatic heterocycles. The molecule has 92 valence electrons. The van der Waals surface area contributed by atoms with Crippen molar-refractivity contribution in [1.29, 1.82) is 0 Å². The van der Waals surface area contributed by atoms with Gasteiger partial charge in [0.05, 0.1) is 0 Å². The molecule has 1 aromatic carbocycles. The molecule has 1 amide bonds. The number of amides is 1. The van der Waals surface area contributed by atoms with E-state index >= 15 is 0 Å². The first-order chi connectivity index (χ1) is 8.20. The molecule has 1 aliphatic rings. The Balaban J connectivity index is 1.99. The van der Waals surface area contributed by atoms with Gasteiger partial charge in [-0.05, 0) is 45.0 Å². The first-order valence-electron chi connectivity index (χ1n) is 6.21. The van der Waals surface area contributed by atoms with Gasteiger partial charge in [0.1, 0.15) is 0 Å². The smallest absolute Gasteiger partial charge is 0.253 e. The number of hydrogen-bond donors (Lipinski definition) is 1. The van der Waals surface area contributed by atoms with E-state index in [1.807, 2.05) is 43.1 Å². The van der Waals surface area contributed by atoms with Gasteiger partial charge in [-0.15, -0.1) is 0 Å². The quantitative estimate of drug-likeness (QED) is 0.860. The minimum Gasteiger partial charge on any atom is -0.338 e. The van der Waals surface area contributed by atoms with Gasteiger partial charge in [0.25, 0.3) is 5.91 Å². The normalized spacial score (nSPS) is 19.6. The minimum absolute atomic E-state index is 0.170. The van der Waals surface area contributed by atoms with Crippen LogP contribution in [0, 0.1) is 12.8 Å². The summed E-state index contributed by atoms with van der Waals surface area (Å²) in [6, 6.07) is 7.83. The predicted octanol–water partition coefficient (Wildman–Crippen LogP) is 1.68. The van der Waals surface area contributed by atoms with E-state index in [-0.39, 0.29) is 5.91 Å². The molecule has 1 unspecified atom stereocenters. The van der Waals surface area contributed by atoms with Crippen molar-refractivity contribution in [3.05, 3.63) is 35.4 Å². The number of nitrogens with one attached hydrogen (secondary N) is 1. The molecule has 1 aliphatic heterocycles. The first-order valence-corrected chi connectivity index (χ1v) is 6.21. The summed E-state index contributed by atoms with van der Waals surface area (Å²) in [5.74, 6) is 0.776. The molecule has 0 radical (unpaired) electrons. The van der Waals surface area contributed by atoms with Crippen LogP contribution in [0.5, 0.6) is 0 Å². The van der Waals surface area contributed by atoms with Crippen molar-refractivity contribution >= 4 is 5.91 Å². The summed E-state index contributed by atoms with van der Waals surface area (Å²) in [4.78, 5) is 14.2. The Morgan fingerprint density at radius 1 is 1.41 bits per heavy atom. The number of carbonyl (C=O) groups is 1. The van der Waals surface area contributed by atoms with E-state index in [0.29, 0.717) is 5.92 Å². The summed E-state index contributed by atoms with van der Waals surface area (Å²) in [6.45, 7) is 4.80. The number of benzene rings is 1. The van der Waals surface area contributed by atoms with Gasteiger partial charge >= 0.3 is 0 Å². The van der Waals surface area contributed by atoms with E-state index in [9.17, 15) is 4.79 Å². The topological polar surface area (TPSA) is 32.3 Å². The first kappa shape index (κ1) is 12.1. The Labute approximate surface area is 103 Å². The third kappa shape index (κ3) is 2.86. The standard InChI is InChI=1S/C14H20N2O/c1-11-3-5-13(6-4-11)14(17)16-8-7-12(10-16)9-15-2/h3-6,12,15H,7-10H2,1-2H3. The fourth-order valence-corrected chi connectivity index (χ4v) is 2.35. The van der Waals surface area contributed by atoms with Crippen LogP contribution >= 0.6 is 0 Å². The van der Waals surface area contributed by atoms with Crippen molar-refractivity contribution < 1.29 is 4.79 Å². The van der Waals surface area contributed by atoms with Crippen molar-refractivity contribution in [2.75, 3.05) is 26.7 Å². The summed E-state index contributed by atoms with van der Waals surface area (Å²) in [6.07, 6.45) is 1.11. The Hall–Kier alpha value is -1.35. The highest BCUT2D eigenvalue weighted by atomic mass is 16.2. The van der Waals surface area contributed by atoms with Gasteiger partial charge in [0.15, 0.2) is 0 Å². The second-order valence-electron chi connectivity index (χ2n) is 4.83. The Kier molecular flexibility index (Phi) is 3.79. The molecule has 0 saturated carbocycles. The summed E-state index contributed by atoms with van der Waals surface area (Å²) in [7, 11) is 1.96. The van der Waals surface area contributed by atoms with Crippen LogP contribution in [0.3, 0.4) is 0 Å². The molecule has 1 heterocycles. The van der Waals surface area contributed by atoms with Gasteiger partial charge in [-0.3, -0.25) is 4.79 Å². The van der Waals surface area contributed by atoms with Crippen LogP contribution in [0.15, 0.2) is 24.3 Å². The number of rotatable bonds is 3. The number of aryl methyl sites for hydroxylation is 1. The molecule has 0 aliphatic carbocycles. The molecule has 3 heteroatoms. The molecule has 0 bridgehead atoms. The lowest BCUT2D eigenvalue weighted by Crippen LogP contribution is -2.30. The van der Waals surface area contributed by atoms with Crippen LogP contribution < -0.4 is 5.32 Å². The van der Waals surface area contributed by atoms with Crippen LogP contribution in [0.4, 0.5) is 0 Å². The zero-order valence-electron chi connectivity index (χ0n) is 10.6. The molecule has 3 nitrogen and oxygen atoms in total. The van der Waals surface area contributed by atoms with Crippen LogP contribution in [-0.2, 0) is 0 Å². The van der Waals surface area contributed by atoms with E-state index < -0.39 is 0 Å². The second-order valence-corrected chi connectivity index (χ2v) is 4.83. The number of hydrogen-bond acceptors (Lipinski definition) is 2. The average Bonchev–Trinajstić information content (AvgIpc) is 2.78. The van der Waals surface area contributed by atoms with E-state index in [1.165, 1.54) is 5.56 Å². The highest BCUT2D eigenvalue weighted by Gasteiger charge is 2.26. The van der Waals surface area contributed by atoms with Crippen molar-refractivity contribution in [2.45, 2.75) is 13.3 Å². The predicted molar refractivity (Wildman–Crippen MR) is 69.1 cm³/mol. The molecule has 0 spiro atoms. The van der Waals surface area contributed by atoms with Gasteiger partial charge < -0.3 is 10.2 Å². The Morgan fingerprint density at radius 2 is 2.12 bits per heavy atom. The SMILES string of the molecule is CNCC1CCN(C(=O)c2ccc(C)cc2)C1. The molecule has 1 N–H and O–H groups in total. The lowest BCUT2D eigenvalue weighted by molar-refractivity contribution is 0.0787. The molecular weight excluding hydrogens is 212 g/mol. The van der Waals surface area contributed by atoms with Gasteiger partial charge in [0, 0.05) is 18.7 Å². The highest BCUT2D eigenvalue weighted by Crippen LogP contribution is 2.18. The lowest BCUT2D eigenvalue weighted by atomic mass is 10.1. The number of likely N-dealkylation sites (tertiary alicyclic amines) is 1. The molecule has 1 atom stereocenters. The summed E-state index contributed by atoms with van der Waals surface area (Å²) >= 11 is 0. The maximum Gasteiger partial charge on any atom is 0.253 e. The maximum absolute atomic E-state index is 12.2. The van der Waals surface area contributed by atoms with E-state index in [1.54, 1.807) is 0 Å². The van der Waals surface area contributed by atoms with Gasteiger partial charge in [0.2, 0.25) is 0 Å². The zero-order valence-corrected chi connectivity index (χ0v) is 10.6. The average molecular weight is 232 g/mol. The van der Waals surface area contributed by atoms with Crippen LogP contribution in [0.2, 0.25) is 0 Å².